The summed E-state index contributed by atoms with van der Waals surface area (Å²) in [7, 11) is -7.69. The molecule has 0 spiro atoms. The standard InChI is InChI=1S/C13H11ClFNO4S2/c1-16(21(17,18)12-6-2-10(14)3-7-12)22(19,20)13-8-4-11(15)5-9-13/h2-9H,1H3. The normalized spacial score (nSPS) is 12.5. The molecule has 118 valence electrons. The lowest BCUT2D eigenvalue weighted by Gasteiger charge is -2.17. The highest BCUT2D eigenvalue weighted by Gasteiger charge is 2.32. The molecule has 9 heteroatoms. The van der Waals surface area contributed by atoms with Crippen molar-refractivity contribution in [1.29, 1.82) is 0 Å². The number of sulfonamides is 2. The first kappa shape index (κ1) is 16.9. The van der Waals surface area contributed by atoms with Gasteiger partial charge in [-0.1, -0.05) is 15.3 Å². The second-order valence-electron chi connectivity index (χ2n) is 4.30. The van der Waals surface area contributed by atoms with Crippen LogP contribution < -0.4 is 0 Å². The fraction of sp³-hybridized carbons (Fsp3) is 0.0769. The van der Waals surface area contributed by atoms with Crippen molar-refractivity contribution in [2.75, 3.05) is 7.05 Å². The van der Waals surface area contributed by atoms with E-state index in [1.807, 2.05) is 0 Å². The van der Waals surface area contributed by atoms with E-state index in [2.05, 4.69) is 0 Å². The minimum atomic E-state index is -4.33. The summed E-state index contributed by atoms with van der Waals surface area (Å²) < 4.78 is 62.5. The van der Waals surface area contributed by atoms with Crippen LogP contribution in [0.1, 0.15) is 0 Å². The van der Waals surface area contributed by atoms with E-state index < -0.39 is 25.9 Å². The van der Waals surface area contributed by atoms with E-state index in [4.69, 9.17) is 11.6 Å². The molecule has 0 aromatic heterocycles. The van der Waals surface area contributed by atoms with Crippen LogP contribution in [0.15, 0.2) is 58.3 Å². The highest BCUT2D eigenvalue weighted by atomic mass is 35.5. The maximum Gasteiger partial charge on any atom is 0.256 e. The van der Waals surface area contributed by atoms with Gasteiger partial charge in [0.25, 0.3) is 20.0 Å². The summed E-state index contributed by atoms with van der Waals surface area (Å²) in [5.41, 5.74) is 0. The van der Waals surface area contributed by atoms with Gasteiger partial charge in [-0.3, -0.25) is 0 Å². The Bertz CT molecular complexity index is 803. The highest BCUT2D eigenvalue weighted by Crippen LogP contribution is 2.23. The summed E-state index contributed by atoms with van der Waals surface area (Å²) in [6, 6.07) is 8.96. The molecule has 0 amide bonds. The molecule has 0 N–H and O–H groups in total. The summed E-state index contributed by atoms with van der Waals surface area (Å²) >= 11 is 5.68. The van der Waals surface area contributed by atoms with E-state index in [1.54, 1.807) is 0 Å². The molecule has 5 nitrogen and oxygen atoms in total. The molecule has 2 aromatic rings. The molecular weight excluding hydrogens is 353 g/mol. The van der Waals surface area contributed by atoms with Gasteiger partial charge in [0.1, 0.15) is 5.82 Å². The monoisotopic (exact) mass is 363 g/mol. The Hall–Kier alpha value is -1.48. The molecule has 0 unspecified atom stereocenters. The van der Waals surface area contributed by atoms with Gasteiger partial charge in [-0.25, -0.2) is 21.2 Å². The summed E-state index contributed by atoms with van der Waals surface area (Å²) in [5.74, 6) is -0.623. The maximum atomic E-state index is 12.9. The summed E-state index contributed by atoms with van der Waals surface area (Å²) in [6.07, 6.45) is 0. The van der Waals surface area contributed by atoms with Crippen LogP contribution in [0.2, 0.25) is 5.02 Å². The minimum absolute atomic E-state index is 0.218. The van der Waals surface area contributed by atoms with E-state index in [0.29, 0.717) is 5.02 Å². The zero-order valence-corrected chi connectivity index (χ0v) is 13.7. The first-order chi connectivity index (χ1) is 10.2. The lowest BCUT2D eigenvalue weighted by atomic mass is 10.4. The Morgan fingerprint density at radius 1 is 0.818 bits per heavy atom. The van der Waals surface area contributed by atoms with E-state index in [9.17, 15) is 21.2 Å². The second kappa shape index (κ2) is 5.96. The van der Waals surface area contributed by atoms with E-state index in [-0.39, 0.29) is 13.5 Å². The number of hydrogen-bond donors (Lipinski definition) is 0. The Kier molecular flexibility index (Phi) is 4.57. The lowest BCUT2D eigenvalue weighted by Crippen LogP contribution is -2.33. The average molecular weight is 364 g/mol. The van der Waals surface area contributed by atoms with Crippen molar-refractivity contribution in [2.24, 2.45) is 0 Å². The van der Waals surface area contributed by atoms with E-state index in [1.165, 1.54) is 24.3 Å². The molecule has 0 saturated carbocycles. The van der Waals surface area contributed by atoms with Crippen molar-refractivity contribution >= 4 is 31.6 Å². The van der Waals surface area contributed by atoms with Crippen molar-refractivity contribution in [3.63, 3.8) is 0 Å². The number of hydrogen-bond acceptors (Lipinski definition) is 4. The van der Waals surface area contributed by atoms with E-state index >= 15 is 0 Å². The third-order valence-corrected chi connectivity index (χ3v) is 7.42. The molecule has 0 saturated heterocycles. The summed E-state index contributed by atoms with van der Waals surface area (Å²) in [4.78, 5) is -0.543. The number of benzene rings is 2. The van der Waals surface area contributed by atoms with Gasteiger partial charge in [-0.2, -0.15) is 0 Å². The van der Waals surface area contributed by atoms with Gasteiger partial charge in [0.15, 0.2) is 0 Å². The first-order valence-electron chi connectivity index (χ1n) is 5.91. The van der Waals surface area contributed by atoms with Crippen molar-refractivity contribution in [1.82, 2.24) is 3.71 Å². The fourth-order valence-corrected chi connectivity index (χ4v) is 4.87. The molecular formula is C13H11ClFNO4S2. The summed E-state index contributed by atoms with van der Waals surface area (Å²) in [6.45, 7) is 0. The first-order valence-corrected chi connectivity index (χ1v) is 9.17. The molecule has 0 aliphatic carbocycles. The lowest BCUT2D eigenvalue weighted by molar-refractivity contribution is 0.525. The van der Waals surface area contributed by atoms with Crippen LogP contribution in [-0.2, 0) is 20.0 Å². The minimum Gasteiger partial charge on any atom is -0.207 e. The molecule has 2 rings (SSSR count). The molecule has 0 radical (unpaired) electrons. The van der Waals surface area contributed by atoms with Crippen LogP contribution >= 0.6 is 11.6 Å². The number of rotatable bonds is 4. The van der Waals surface area contributed by atoms with Crippen LogP contribution in [0, 0.1) is 5.82 Å². The molecule has 0 aliphatic rings. The molecule has 2 aromatic carbocycles. The Morgan fingerprint density at radius 3 is 1.59 bits per heavy atom. The molecule has 0 aliphatic heterocycles. The van der Waals surface area contributed by atoms with Crippen LogP contribution in [0.5, 0.6) is 0 Å². The maximum absolute atomic E-state index is 12.9. The Balaban J connectivity index is 2.47. The zero-order valence-electron chi connectivity index (χ0n) is 11.3. The molecule has 0 heterocycles. The van der Waals surface area contributed by atoms with Crippen molar-refractivity contribution in [2.45, 2.75) is 9.79 Å². The van der Waals surface area contributed by atoms with Gasteiger partial charge >= 0.3 is 0 Å². The van der Waals surface area contributed by atoms with Crippen molar-refractivity contribution in [3.05, 3.63) is 59.4 Å². The van der Waals surface area contributed by atoms with Crippen LogP contribution in [0.4, 0.5) is 4.39 Å². The Labute approximate surface area is 133 Å². The third-order valence-electron chi connectivity index (χ3n) is 2.90. The number of nitrogens with zero attached hydrogens (tertiary/aromatic N) is 1. The smallest absolute Gasteiger partial charge is 0.207 e. The van der Waals surface area contributed by atoms with Crippen molar-refractivity contribution in [3.8, 4) is 0 Å². The van der Waals surface area contributed by atoms with Gasteiger partial charge in [0.05, 0.1) is 9.79 Å². The van der Waals surface area contributed by atoms with Gasteiger partial charge in [0.2, 0.25) is 0 Å². The van der Waals surface area contributed by atoms with Gasteiger partial charge < -0.3 is 0 Å². The van der Waals surface area contributed by atoms with Gasteiger partial charge in [-0.05, 0) is 48.5 Å². The molecule has 0 bridgehead atoms. The zero-order chi connectivity index (χ0) is 16.5. The molecule has 0 fully saturated rings. The highest BCUT2D eigenvalue weighted by molar-refractivity contribution is 8.04. The van der Waals surface area contributed by atoms with Crippen LogP contribution in [-0.4, -0.2) is 27.6 Å². The second-order valence-corrected chi connectivity index (χ2v) is 8.90. The van der Waals surface area contributed by atoms with Gasteiger partial charge in [0, 0.05) is 12.1 Å². The average Bonchev–Trinajstić information content (AvgIpc) is 2.47. The van der Waals surface area contributed by atoms with Crippen LogP contribution in [0.25, 0.3) is 0 Å². The van der Waals surface area contributed by atoms with Crippen LogP contribution in [0.3, 0.4) is 0 Å². The third kappa shape index (κ3) is 3.14. The number of halogens is 2. The predicted octanol–water partition coefficient (Wildman–Crippen LogP) is 2.49. The molecule has 22 heavy (non-hydrogen) atoms. The molecule has 0 atom stereocenters. The Morgan fingerprint density at radius 2 is 1.18 bits per heavy atom. The summed E-state index contributed by atoms with van der Waals surface area (Å²) in [5, 5.41) is 0.322. The largest absolute Gasteiger partial charge is 0.256 e. The quantitative estimate of drug-likeness (QED) is 0.836. The van der Waals surface area contributed by atoms with E-state index in [0.717, 1.165) is 31.3 Å². The SMILES string of the molecule is CN(S(=O)(=O)c1ccc(F)cc1)S(=O)(=O)c1ccc(Cl)cc1. The predicted molar refractivity (Wildman–Crippen MR) is 80.0 cm³/mol. The van der Waals surface area contributed by atoms with Gasteiger partial charge in [-0.15, -0.1) is 0 Å². The topological polar surface area (TPSA) is 71.5 Å². The fourth-order valence-electron chi connectivity index (χ4n) is 1.64. The van der Waals surface area contributed by atoms with Crippen molar-refractivity contribution < 1.29 is 21.2 Å².